The third-order valence-electron chi connectivity index (χ3n) is 2.53. The molecule has 0 aliphatic rings. The van der Waals surface area contributed by atoms with E-state index >= 15 is 0 Å². The topological polar surface area (TPSA) is 12.0 Å². The van der Waals surface area contributed by atoms with Crippen LogP contribution in [0.4, 0.5) is 14.5 Å². The van der Waals surface area contributed by atoms with Gasteiger partial charge in [0, 0.05) is 28.2 Å². The first-order chi connectivity index (χ1) is 8.99. The van der Waals surface area contributed by atoms with Gasteiger partial charge >= 0.3 is 0 Å². The van der Waals surface area contributed by atoms with Gasteiger partial charge in [0.05, 0.1) is 10.2 Å². The van der Waals surface area contributed by atoms with E-state index < -0.39 is 11.6 Å². The highest BCUT2D eigenvalue weighted by Crippen LogP contribution is 2.27. The fourth-order valence-corrected chi connectivity index (χ4v) is 2.39. The standard InChI is InChI=1S/C13H8BrCl2F2N/c14-8-4-12(18)13(5-11(8)17)19-6-7-9(15)2-1-3-10(7)16/h1-5,19H,6H2. The first kappa shape index (κ1) is 14.6. The van der Waals surface area contributed by atoms with Crippen molar-refractivity contribution in [3.8, 4) is 0 Å². The van der Waals surface area contributed by atoms with E-state index in [1.807, 2.05) is 0 Å². The molecule has 0 unspecified atom stereocenters. The van der Waals surface area contributed by atoms with Crippen molar-refractivity contribution in [1.29, 1.82) is 0 Å². The molecule has 0 aliphatic heterocycles. The van der Waals surface area contributed by atoms with Crippen LogP contribution in [0.2, 0.25) is 10.0 Å². The zero-order valence-corrected chi connectivity index (χ0v) is 12.6. The molecule has 0 amide bonds. The normalized spacial score (nSPS) is 10.6. The molecular formula is C13H8BrCl2F2N. The van der Waals surface area contributed by atoms with Crippen LogP contribution in [0.1, 0.15) is 5.56 Å². The van der Waals surface area contributed by atoms with Gasteiger partial charge in [0.15, 0.2) is 0 Å². The maximum Gasteiger partial charge on any atom is 0.147 e. The number of benzene rings is 2. The molecule has 0 bridgehead atoms. The number of hydrogen-bond acceptors (Lipinski definition) is 1. The molecule has 0 saturated carbocycles. The van der Waals surface area contributed by atoms with Gasteiger partial charge in [0.25, 0.3) is 0 Å². The van der Waals surface area contributed by atoms with Gasteiger partial charge in [-0.1, -0.05) is 29.3 Å². The Hall–Kier alpha value is -0.840. The molecule has 0 atom stereocenters. The Labute approximate surface area is 127 Å². The summed E-state index contributed by atoms with van der Waals surface area (Å²) < 4.78 is 27.0. The predicted octanol–water partition coefficient (Wildman–Crippen LogP) is 5.65. The zero-order chi connectivity index (χ0) is 14.0. The van der Waals surface area contributed by atoms with E-state index in [-0.39, 0.29) is 16.7 Å². The van der Waals surface area contributed by atoms with Crippen molar-refractivity contribution in [2.75, 3.05) is 5.32 Å². The second-order valence-corrected chi connectivity index (χ2v) is 5.47. The summed E-state index contributed by atoms with van der Waals surface area (Å²) in [4.78, 5) is 0. The summed E-state index contributed by atoms with van der Waals surface area (Å²) in [6.07, 6.45) is 0. The molecule has 100 valence electrons. The summed E-state index contributed by atoms with van der Waals surface area (Å²) in [7, 11) is 0. The van der Waals surface area contributed by atoms with Crippen molar-refractivity contribution in [2.45, 2.75) is 6.54 Å². The van der Waals surface area contributed by atoms with Gasteiger partial charge in [0.1, 0.15) is 11.6 Å². The monoisotopic (exact) mass is 365 g/mol. The van der Waals surface area contributed by atoms with E-state index in [9.17, 15) is 8.78 Å². The SMILES string of the molecule is Fc1cc(NCc2c(Cl)cccc2Cl)c(F)cc1Br. The van der Waals surface area contributed by atoms with Gasteiger partial charge in [-0.2, -0.15) is 0 Å². The van der Waals surface area contributed by atoms with Gasteiger partial charge in [-0.3, -0.25) is 0 Å². The molecule has 6 heteroatoms. The first-order valence-electron chi connectivity index (χ1n) is 5.30. The van der Waals surface area contributed by atoms with Gasteiger partial charge in [0.2, 0.25) is 0 Å². The van der Waals surface area contributed by atoms with Gasteiger partial charge in [-0.15, -0.1) is 0 Å². The van der Waals surface area contributed by atoms with E-state index in [0.29, 0.717) is 15.6 Å². The highest BCUT2D eigenvalue weighted by molar-refractivity contribution is 9.10. The Bertz CT molecular complexity index is 600. The molecule has 0 heterocycles. The summed E-state index contributed by atoms with van der Waals surface area (Å²) >= 11 is 14.9. The van der Waals surface area contributed by atoms with Crippen molar-refractivity contribution in [3.63, 3.8) is 0 Å². The smallest absolute Gasteiger partial charge is 0.147 e. The predicted molar refractivity (Wildman–Crippen MR) is 77.8 cm³/mol. The number of hydrogen-bond donors (Lipinski definition) is 1. The molecule has 1 N–H and O–H groups in total. The Morgan fingerprint density at radius 1 is 1.05 bits per heavy atom. The molecule has 0 saturated heterocycles. The Morgan fingerprint density at radius 2 is 1.68 bits per heavy atom. The highest BCUT2D eigenvalue weighted by Gasteiger charge is 2.10. The van der Waals surface area contributed by atoms with Gasteiger partial charge < -0.3 is 5.32 Å². The van der Waals surface area contributed by atoms with Crippen molar-refractivity contribution in [2.24, 2.45) is 0 Å². The molecule has 0 aliphatic carbocycles. The fourth-order valence-electron chi connectivity index (χ4n) is 1.54. The van der Waals surface area contributed by atoms with Crippen LogP contribution in [0.3, 0.4) is 0 Å². The maximum atomic E-state index is 13.6. The molecule has 19 heavy (non-hydrogen) atoms. The van der Waals surface area contributed by atoms with E-state index in [4.69, 9.17) is 23.2 Å². The lowest BCUT2D eigenvalue weighted by Crippen LogP contribution is -2.03. The average molecular weight is 367 g/mol. The molecular weight excluding hydrogens is 359 g/mol. The van der Waals surface area contributed by atoms with E-state index in [2.05, 4.69) is 21.2 Å². The lowest BCUT2D eigenvalue weighted by molar-refractivity contribution is 0.596. The molecule has 2 aromatic rings. The van der Waals surface area contributed by atoms with Crippen molar-refractivity contribution in [1.82, 2.24) is 0 Å². The molecule has 0 radical (unpaired) electrons. The van der Waals surface area contributed by atoms with Crippen LogP contribution < -0.4 is 5.32 Å². The minimum absolute atomic E-state index is 0.0525. The summed E-state index contributed by atoms with van der Waals surface area (Å²) in [5.74, 6) is -1.11. The number of halogens is 5. The third kappa shape index (κ3) is 3.38. The van der Waals surface area contributed by atoms with Crippen molar-refractivity contribution < 1.29 is 8.78 Å². The number of rotatable bonds is 3. The molecule has 2 aromatic carbocycles. The number of anilines is 1. The van der Waals surface area contributed by atoms with Crippen LogP contribution in [0, 0.1) is 11.6 Å². The lowest BCUT2D eigenvalue weighted by atomic mass is 10.2. The van der Waals surface area contributed by atoms with E-state index in [1.165, 1.54) is 0 Å². The van der Waals surface area contributed by atoms with Crippen LogP contribution >= 0.6 is 39.1 Å². The molecule has 2 rings (SSSR count). The van der Waals surface area contributed by atoms with E-state index in [0.717, 1.165) is 12.1 Å². The number of nitrogens with one attached hydrogen (secondary N) is 1. The largest absolute Gasteiger partial charge is 0.378 e. The molecule has 0 fully saturated rings. The van der Waals surface area contributed by atoms with Crippen LogP contribution in [-0.4, -0.2) is 0 Å². The second-order valence-electron chi connectivity index (χ2n) is 3.80. The molecule has 0 aromatic heterocycles. The first-order valence-corrected chi connectivity index (χ1v) is 6.85. The molecule has 1 nitrogen and oxygen atoms in total. The molecule has 0 spiro atoms. The van der Waals surface area contributed by atoms with Gasteiger partial charge in [-0.25, -0.2) is 8.78 Å². The summed E-state index contributed by atoms with van der Waals surface area (Å²) in [6.45, 7) is 0.205. The maximum absolute atomic E-state index is 13.6. The summed E-state index contributed by atoms with van der Waals surface area (Å²) in [6, 6.07) is 7.22. The lowest BCUT2D eigenvalue weighted by Gasteiger charge is -2.11. The highest BCUT2D eigenvalue weighted by atomic mass is 79.9. The summed E-state index contributed by atoms with van der Waals surface area (Å²) in [5, 5.41) is 3.71. The van der Waals surface area contributed by atoms with E-state index in [1.54, 1.807) is 18.2 Å². The Morgan fingerprint density at radius 3 is 2.32 bits per heavy atom. The third-order valence-corrected chi connectivity index (χ3v) is 3.84. The Kier molecular flexibility index (Phi) is 4.66. The Balaban J connectivity index is 2.22. The fraction of sp³-hybridized carbons (Fsp3) is 0.0769. The van der Waals surface area contributed by atoms with Gasteiger partial charge in [-0.05, 0) is 34.1 Å². The van der Waals surface area contributed by atoms with Crippen LogP contribution in [0.15, 0.2) is 34.8 Å². The average Bonchev–Trinajstić information content (AvgIpc) is 2.34. The van der Waals surface area contributed by atoms with Crippen LogP contribution in [0.25, 0.3) is 0 Å². The zero-order valence-electron chi connectivity index (χ0n) is 9.48. The second kappa shape index (κ2) is 6.07. The quantitative estimate of drug-likeness (QED) is 0.692. The summed E-state index contributed by atoms with van der Waals surface area (Å²) in [5.41, 5.74) is 0.685. The van der Waals surface area contributed by atoms with Crippen LogP contribution in [0.5, 0.6) is 0 Å². The van der Waals surface area contributed by atoms with Crippen molar-refractivity contribution >= 4 is 44.8 Å². The minimum Gasteiger partial charge on any atom is -0.378 e. The van der Waals surface area contributed by atoms with Crippen molar-refractivity contribution in [3.05, 3.63) is 62.0 Å². The minimum atomic E-state index is -0.559. The van der Waals surface area contributed by atoms with Crippen LogP contribution in [-0.2, 0) is 6.54 Å².